The summed E-state index contributed by atoms with van der Waals surface area (Å²) in [4.78, 5) is 0. The zero-order valence-electron chi connectivity index (χ0n) is 19.8. The largest absolute Gasteiger partial charge is 0.491 e. The van der Waals surface area contributed by atoms with E-state index in [-0.39, 0.29) is 12.2 Å². The highest BCUT2D eigenvalue weighted by molar-refractivity contribution is 5.30. The first-order chi connectivity index (χ1) is 14.3. The molecule has 0 heterocycles. The van der Waals surface area contributed by atoms with Crippen molar-refractivity contribution in [2.24, 2.45) is 5.92 Å². The van der Waals surface area contributed by atoms with E-state index in [0.717, 1.165) is 36.9 Å². The van der Waals surface area contributed by atoms with Crippen molar-refractivity contribution >= 4 is 0 Å². The molecule has 0 aliphatic rings. The highest BCUT2D eigenvalue weighted by atomic mass is 16.5. The van der Waals surface area contributed by atoms with E-state index in [1.54, 1.807) is 0 Å². The maximum atomic E-state index is 5.80. The fraction of sp³-hybridized carbons (Fsp3) is 0.556. The predicted octanol–water partition coefficient (Wildman–Crippen LogP) is 6.96. The standard InChI is InChI=1S/C27H41NO2/c1-20(2)7-10-25(24-11-15-27(16-12-24)30-22(5)6)17-18-28-19-23-8-13-26(14-9-23)29-21(3)4/h8-9,11-16,20-22,25,28H,7,10,17-19H2,1-6H3/t25-/m0/s1. The van der Waals surface area contributed by atoms with Crippen molar-refractivity contribution in [1.29, 1.82) is 0 Å². The minimum Gasteiger partial charge on any atom is -0.491 e. The van der Waals surface area contributed by atoms with Gasteiger partial charge >= 0.3 is 0 Å². The monoisotopic (exact) mass is 411 g/mol. The molecular formula is C27H41NO2. The van der Waals surface area contributed by atoms with E-state index >= 15 is 0 Å². The van der Waals surface area contributed by atoms with Crippen LogP contribution in [0.25, 0.3) is 0 Å². The summed E-state index contributed by atoms with van der Waals surface area (Å²) in [5.74, 6) is 3.21. The number of rotatable bonds is 13. The lowest BCUT2D eigenvalue weighted by Crippen LogP contribution is -2.17. The van der Waals surface area contributed by atoms with Crippen LogP contribution in [0.3, 0.4) is 0 Å². The van der Waals surface area contributed by atoms with Gasteiger partial charge in [0.05, 0.1) is 12.2 Å². The Morgan fingerprint density at radius 2 is 1.20 bits per heavy atom. The molecular weight excluding hydrogens is 370 g/mol. The van der Waals surface area contributed by atoms with Crippen molar-refractivity contribution in [1.82, 2.24) is 5.32 Å². The smallest absolute Gasteiger partial charge is 0.119 e. The first-order valence-electron chi connectivity index (χ1n) is 11.6. The zero-order chi connectivity index (χ0) is 21.9. The molecule has 3 nitrogen and oxygen atoms in total. The summed E-state index contributed by atoms with van der Waals surface area (Å²) in [6.07, 6.45) is 4.05. The van der Waals surface area contributed by atoms with Gasteiger partial charge in [-0.3, -0.25) is 0 Å². The molecule has 0 aliphatic carbocycles. The van der Waals surface area contributed by atoms with Gasteiger partial charge in [0, 0.05) is 6.54 Å². The molecule has 166 valence electrons. The van der Waals surface area contributed by atoms with E-state index in [9.17, 15) is 0 Å². The van der Waals surface area contributed by atoms with Gasteiger partial charge in [-0.05, 0) is 94.3 Å². The maximum Gasteiger partial charge on any atom is 0.119 e. The first kappa shape index (κ1) is 24.3. The van der Waals surface area contributed by atoms with Crippen LogP contribution < -0.4 is 14.8 Å². The van der Waals surface area contributed by atoms with Gasteiger partial charge in [0.1, 0.15) is 11.5 Å². The Bertz CT molecular complexity index is 705. The molecule has 2 aromatic rings. The van der Waals surface area contributed by atoms with Gasteiger partial charge in [-0.15, -0.1) is 0 Å². The van der Waals surface area contributed by atoms with E-state index < -0.39 is 0 Å². The summed E-state index contributed by atoms with van der Waals surface area (Å²) < 4.78 is 11.5. The quantitative estimate of drug-likeness (QED) is 0.361. The molecule has 30 heavy (non-hydrogen) atoms. The lowest BCUT2D eigenvalue weighted by atomic mass is 9.88. The van der Waals surface area contributed by atoms with Gasteiger partial charge in [-0.2, -0.15) is 0 Å². The molecule has 0 unspecified atom stereocenters. The van der Waals surface area contributed by atoms with Crippen molar-refractivity contribution in [3.63, 3.8) is 0 Å². The van der Waals surface area contributed by atoms with Gasteiger partial charge in [0.2, 0.25) is 0 Å². The van der Waals surface area contributed by atoms with Crippen molar-refractivity contribution < 1.29 is 9.47 Å². The van der Waals surface area contributed by atoms with E-state index in [4.69, 9.17) is 9.47 Å². The molecule has 0 radical (unpaired) electrons. The van der Waals surface area contributed by atoms with E-state index in [0.29, 0.717) is 5.92 Å². The zero-order valence-corrected chi connectivity index (χ0v) is 19.8. The summed E-state index contributed by atoms with van der Waals surface area (Å²) in [7, 11) is 0. The Morgan fingerprint density at radius 1 is 0.667 bits per heavy atom. The van der Waals surface area contributed by atoms with Crippen LogP contribution >= 0.6 is 0 Å². The average molecular weight is 412 g/mol. The van der Waals surface area contributed by atoms with Crippen molar-refractivity contribution in [2.75, 3.05) is 6.54 Å². The number of ether oxygens (including phenoxy) is 2. The molecule has 0 spiro atoms. The minimum atomic E-state index is 0.211. The molecule has 0 saturated heterocycles. The molecule has 2 aromatic carbocycles. The van der Waals surface area contributed by atoms with Crippen LogP contribution in [-0.2, 0) is 6.54 Å². The molecule has 2 rings (SSSR count). The van der Waals surface area contributed by atoms with Gasteiger partial charge in [-0.1, -0.05) is 44.5 Å². The minimum absolute atomic E-state index is 0.211. The van der Waals surface area contributed by atoms with Gasteiger partial charge in [0.25, 0.3) is 0 Å². The van der Waals surface area contributed by atoms with Crippen LogP contribution in [0.2, 0.25) is 0 Å². The second-order valence-electron chi connectivity index (χ2n) is 9.18. The van der Waals surface area contributed by atoms with Crippen LogP contribution in [0.1, 0.15) is 77.8 Å². The third-order valence-corrected chi connectivity index (χ3v) is 5.11. The molecule has 0 bridgehead atoms. The van der Waals surface area contributed by atoms with E-state index in [1.807, 2.05) is 0 Å². The Kier molecular flexibility index (Phi) is 10.2. The molecule has 0 fully saturated rings. The summed E-state index contributed by atoms with van der Waals surface area (Å²) in [5, 5.41) is 3.62. The van der Waals surface area contributed by atoms with Gasteiger partial charge < -0.3 is 14.8 Å². The van der Waals surface area contributed by atoms with E-state index in [2.05, 4.69) is 95.4 Å². The number of hydrogen-bond donors (Lipinski definition) is 1. The normalized spacial score (nSPS) is 12.6. The van der Waals surface area contributed by atoms with Crippen LogP contribution in [0.4, 0.5) is 0 Å². The Hall–Kier alpha value is -2.00. The molecule has 0 amide bonds. The SMILES string of the molecule is CC(C)CC[C@@H](CCNCc1ccc(OC(C)C)cc1)c1ccc(OC(C)C)cc1. The average Bonchev–Trinajstić information content (AvgIpc) is 2.68. The van der Waals surface area contributed by atoms with Crippen molar-refractivity contribution in [3.05, 3.63) is 59.7 Å². The van der Waals surface area contributed by atoms with Crippen molar-refractivity contribution in [2.45, 2.75) is 85.5 Å². The molecule has 0 saturated carbocycles. The molecule has 1 N–H and O–H groups in total. The van der Waals surface area contributed by atoms with Crippen molar-refractivity contribution in [3.8, 4) is 11.5 Å². The molecule has 3 heteroatoms. The highest BCUT2D eigenvalue weighted by Crippen LogP contribution is 2.28. The summed E-state index contributed by atoms with van der Waals surface area (Å²) >= 11 is 0. The van der Waals surface area contributed by atoms with Crippen LogP contribution in [0.15, 0.2) is 48.5 Å². The third-order valence-electron chi connectivity index (χ3n) is 5.11. The van der Waals surface area contributed by atoms with Crippen LogP contribution in [0, 0.1) is 5.92 Å². The van der Waals surface area contributed by atoms with Crippen LogP contribution in [-0.4, -0.2) is 18.8 Å². The lowest BCUT2D eigenvalue weighted by molar-refractivity contribution is 0.242. The summed E-state index contributed by atoms with van der Waals surface area (Å²) in [6, 6.07) is 17.1. The Labute approximate surface area is 184 Å². The molecule has 1 atom stereocenters. The highest BCUT2D eigenvalue weighted by Gasteiger charge is 2.13. The molecule has 0 aliphatic heterocycles. The number of nitrogens with one attached hydrogen (secondary N) is 1. The molecule has 0 aromatic heterocycles. The second-order valence-corrected chi connectivity index (χ2v) is 9.18. The van der Waals surface area contributed by atoms with Gasteiger partial charge in [0.15, 0.2) is 0 Å². The fourth-order valence-electron chi connectivity index (χ4n) is 3.57. The summed E-state index contributed by atoms with van der Waals surface area (Å²) in [5.41, 5.74) is 2.71. The van der Waals surface area contributed by atoms with Gasteiger partial charge in [-0.25, -0.2) is 0 Å². The third kappa shape index (κ3) is 9.21. The first-order valence-corrected chi connectivity index (χ1v) is 11.6. The van der Waals surface area contributed by atoms with Crippen LogP contribution in [0.5, 0.6) is 11.5 Å². The summed E-state index contributed by atoms with van der Waals surface area (Å²) in [6.45, 7) is 14.7. The maximum absolute atomic E-state index is 5.80. The Morgan fingerprint density at radius 3 is 1.70 bits per heavy atom. The number of hydrogen-bond acceptors (Lipinski definition) is 3. The van der Waals surface area contributed by atoms with E-state index in [1.165, 1.54) is 24.0 Å². The topological polar surface area (TPSA) is 30.5 Å². The Balaban J connectivity index is 1.86. The fourth-order valence-corrected chi connectivity index (χ4v) is 3.57. The number of benzene rings is 2. The predicted molar refractivity (Wildman–Crippen MR) is 128 cm³/mol. The lowest BCUT2D eigenvalue weighted by Gasteiger charge is -2.20. The second kappa shape index (κ2) is 12.6.